The summed E-state index contributed by atoms with van der Waals surface area (Å²) in [6.07, 6.45) is -0.524. The second-order valence-electron chi connectivity index (χ2n) is 3.74. The lowest BCUT2D eigenvalue weighted by Gasteiger charge is -2.30. The lowest BCUT2D eigenvalue weighted by Crippen LogP contribution is -2.42. The van der Waals surface area contributed by atoms with Gasteiger partial charge in [-0.3, -0.25) is 0 Å². The van der Waals surface area contributed by atoms with Crippen molar-refractivity contribution in [2.24, 2.45) is 0 Å². The molecule has 0 bridgehead atoms. The highest BCUT2D eigenvalue weighted by Crippen LogP contribution is 2.21. The van der Waals surface area contributed by atoms with Gasteiger partial charge in [-0.05, 0) is 12.1 Å². The molecule has 0 saturated carbocycles. The molecule has 1 aromatic rings. The minimum atomic E-state index is -1.17. The average molecular weight is 268 g/mol. The van der Waals surface area contributed by atoms with E-state index in [1.54, 1.807) is 11.0 Å². The Bertz CT molecular complexity index is 515. The topological polar surface area (TPSA) is 86.5 Å². The van der Waals surface area contributed by atoms with E-state index in [-0.39, 0.29) is 10.7 Å². The van der Waals surface area contributed by atoms with Gasteiger partial charge < -0.3 is 14.7 Å². The van der Waals surface area contributed by atoms with Crippen molar-refractivity contribution in [1.29, 1.82) is 5.26 Å². The quantitative estimate of drug-likeness (QED) is 0.865. The Morgan fingerprint density at radius 1 is 1.67 bits per heavy atom. The van der Waals surface area contributed by atoms with Gasteiger partial charge in [-0.1, -0.05) is 11.6 Å². The van der Waals surface area contributed by atoms with Gasteiger partial charge in [0.2, 0.25) is 0 Å². The van der Waals surface area contributed by atoms with Gasteiger partial charge in [-0.25, -0.2) is 9.78 Å². The lowest BCUT2D eigenvalue weighted by molar-refractivity contribution is 0.0690. The number of morpholine rings is 1. The van der Waals surface area contributed by atoms with E-state index in [9.17, 15) is 4.79 Å². The highest BCUT2D eigenvalue weighted by molar-refractivity contribution is 6.33. The number of hydrogen-bond donors (Lipinski definition) is 1. The predicted octanol–water partition coefficient (Wildman–Crippen LogP) is 1.16. The second kappa shape index (κ2) is 5.21. The Morgan fingerprint density at radius 3 is 3.11 bits per heavy atom. The van der Waals surface area contributed by atoms with Crippen LogP contribution in [-0.4, -0.2) is 41.9 Å². The van der Waals surface area contributed by atoms with Crippen LogP contribution in [0.3, 0.4) is 0 Å². The lowest BCUT2D eigenvalue weighted by atomic mass is 10.2. The fraction of sp³-hybridized carbons (Fsp3) is 0.364. The summed E-state index contributed by atoms with van der Waals surface area (Å²) in [6, 6.07) is 5.14. The zero-order valence-electron chi connectivity index (χ0n) is 9.34. The molecule has 0 aromatic carbocycles. The first kappa shape index (κ1) is 12.6. The van der Waals surface area contributed by atoms with Gasteiger partial charge in [0, 0.05) is 6.54 Å². The van der Waals surface area contributed by atoms with Crippen molar-refractivity contribution in [2.75, 3.05) is 24.6 Å². The van der Waals surface area contributed by atoms with Crippen LogP contribution in [0.15, 0.2) is 12.1 Å². The number of carbonyl (C=O) groups is 1. The SMILES string of the molecule is N#CC1CN(c2ccc(Cl)c(C(=O)O)n2)CCO1. The fourth-order valence-corrected chi connectivity index (χ4v) is 1.88. The summed E-state index contributed by atoms with van der Waals surface area (Å²) < 4.78 is 5.21. The Kier molecular flexibility index (Phi) is 3.65. The standard InChI is InChI=1S/C11H10ClN3O3/c12-8-1-2-9(14-10(8)11(16)17)15-3-4-18-7(5-13)6-15/h1-2,7H,3-4,6H2,(H,16,17). The van der Waals surface area contributed by atoms with Gasteiger partial charge in [0.15, 0.2) is 11.8 Å². The molecule has 0 amide bonds. The first-order valence-corrected chi connectivity index (χ1v) is 5.65. The van der Waals surface area contributed by atoms with Crippen molar-refractivity contribution < 1.29 is 14.6 Å². The van der Waals surface area contributed by atoms with Gasteiger partial charge in [0.1, 0.15) is 5.82 Å². The van der Waals surface area contributed by atoms with Gasteiger partial charge in [0.05, 0.1) is 24.2 Å². The summed E-state index contributed by atoms with van der Waals surface area (Å²) in [5, 5.41) is 17.8. The van der Waals surface area contributed by atoms with Crippen LogP contribution < -0.4 is 4.90 Å². The van der Waals surface area contributed by atoms with Gasteiger partial charge in [-0.2, -0.15) is 5.26 Å². The fourth-order valence-electron chi connectivity index (χ4n) is 1.69. The number of rotatable bonds is 2. The third-order valence-electron chi connectivity index (χ3n) is 2.57. The summed E-state index contributed by atoms with van der Waals surface area (Å²) in [7, 11) is 0. The number of carboxylic acid groups (broad SMARTS) is 1. The van der Waals surface area contributed by atoms with Crippen LogP contribution in [0.1, 0.15) is 10.5 Å². The number of aromatic nitrogens is 1. The van der Waals surface area contributed by atoms with E-state index in [0.717, 1.165) is 0 Å². The molecule has 2 heterocycles. The Hall–Kier alpha value is -1.84. The van der Waals surface area contributed by atoms with Crippen molar-refractivity contribution in [3.05, 3.63) is 22.8 Å². The molecule has 1 fully saturated rings. The maximum absolute atomic E-state index is 10.9. The smallest absolute Gasteiger partial charge is 0.356 e. The van der Waals surface area contributed by atoms with Gasteiger partial charge in [-0.15, -0.1) is 0 Å². The van der Waals surface area contributed by atoms with Crippen molar-refractivity contribution >= 4 is 23.4 Å². The molecule has 94 valence electrons. The molecule has 1 saturated heterocycles. The van der Waals surface area contributed by atoms with E-state index in [1.807, 2.05) is 6.07 Å². The number of nitriles is 1. The van der Waals surface area contributed by atoms with Crippen LogP contribution in [0, 0.1) is 11.3 Å². The number of hydrogen-bond acceptors (Lipinski definition) is 5. The minimum Gasteiger partial charge on any atom is -0.476 e. The molecule has 18 heavy (non-hydrogen) atoms. The molecule has 0 aliphatic carbocycles. The zero-order valence-corrected chi connectivity index (χ0v) is 10.1. The van der Waals surface area contributed by atoms with Crippen molar-refractivity contribution in [2.45, 2.75) is 6.10 Å². The average Bonchev–Trinajstić information content (AvgIpc) is 2.39. The molecule has 7 heteroatoms. The highest BCUT2D eigenvalue weighted by Gasteiger charge is 2.22. The van der Waals surface area contributed by atoms with E-state index in [1.165, 1.54) is 6.07 Å². The minimum absolute atomic E-state index is 0.0938. The molecule has 1 unspecified atom stereocenters. The van der Waals surface area contributed by atoms with Crippen LogP contribution in [0.2, 0.25) is 5.02 Å². The monoisotopic (exact) mass is 267 g/mol. The van der Waals surface area contributed by atoms with E-state index in [4.69, 9.17) is 26.7 Å². The van der Waals surface area contributed by atoms with Crippen LogP contribution in [0.25, 0.3) is 0 Å². The number of nitrogens with zero attached hydrogens (tertiary/aromatic N) is 3. The highest BCUT2D eigenvalue weighted by atomic mass is 35.5. The number of ether oxygens (including phenoxy) is 1. The summed E-state index contributed by atoms with van der Waals surface area (Å²) in [4.78, 5) is 16.7. The summed E-state index contributed by atoms with van der Waals surface area (Å²) in [5.74, 6) is -0.688. The molecule has 1 N–H and O–H groups in total. The Morgan fingerprint density at radius 2 is 2.44 bits per heavy atom. The van der Waals surface area contributed by atoms with E-state index < -0.39 is 12.1 Å². The molecule has 6 nitrogen and oxygen atoms in total. The maximum atomic E-state index is 10.9. The summed E-state index contributed by atoms with van der Waals surface area (Å²) in [5.41, 5.74) is -0.186. The predicted molar refractivity (Wildman–Crippen MR) is 63.8 cm³/mol. The molecule has 1 atom stereocenters. The van der Waals surface area contributed by atoms with Crippen molar-refractivity contribution in [1.82, 2.24) is 4.98 Å². The molecular formula is C11H10ClN3O3. The number of carboxylic acids is 1. The molecular weight excluding hydrogens is 258 g/mol. The number of pyridine rings is 1. The molecule has 2 rings (SSSR count). The Labute approximate surface area is 108 Å². The second-order valence-corrected chi connectivity index (χ2v) is 4.15. The summed E-state index contributed by atoms with van der Waals surface area (Å²) in [6.45, 7) is 1.33. The van der Waals surface area contributed by atoms with Crippen molar-refractivity contribution in [3.8, 4) is 6.07 Å². The van der Waals surface area contributed by atoms with Gasteiger partial charge >= 0.3 is 5.97 Å². The number of anilines is 1. The van der Waals surface area contributed by atoms with Crippen LogP contribution in [0.5, 0.6) is 0 Å². The molecule has 0 spiro atoms. The van der Waals surface area contributed by atoms with E-state index >= 15 is 0 Å². The maximum Gasteiger partial charge on any atom is 0.356 e. The van der Waals surface area contributed by atoms with Crippen LogP contribution >= 0.6 is 11.6 Å². The van der Waals surface area contributed by atoms with E-state index in [0.29, 0.717) is 25.5 Å². The van der Waals surface area contributed by atoms with E-state index in [2.05, 4.69) is 4.98 Å². The third kappa shape index (κ3) is 2.53. The first-order chi connectivity index (χ1) is 8.61. The van der Waals surface area contributed by atoms with Crippen LogP contribution in [0.4, 0.5) is 5.82 Å². The largest absolute Gasteiger partial charge is 0.476 e. The van der Waals surface area contributed by atoms with Crippen molar-refractivity contribution in [3.63, 3.8) is 0 Å². The molecule has 1 aliphatic heterocycles. The number of aromatic carboxylic acids is 1. The van der Waals surface area contributed by atoms with Crippen LogP contribution in [-0.2, 0) is 4.74 Å². The molecule has 0 radical (unpaired) electrons. The Balaban J connectivity index is 2.26. The summed E-state index contributed by atoms with van der Waals surface area (Å²) >= 11 is 5.75. The molecule has 1 aromatic heterocycles. The third-order valence-corrected chi connectivity index (χ3v) is 2.87. The number of halogens is 1. The zero-order chi connectivity index (χ0) is 13.1. The van der Waals surface area contributed by atoms with Gasteiger partial charge in [0.25, 0.3) is 0 Å². The normalized spacial score (nSPS) is 19.3. The first-order valence-electron chi connectivity index (χ1n) is 5.28. The molecule has 1 aliphatic rings.